The molecule has 1 rings (SSSR count). The van der Waals surface area contributed by atoms with Crippen LogP contribution in [0.4, 0.5) is 0 Å². The van der Waals surface area contributed by atoms with E-state index in [1.54, 1.807) is 0 Å². The smallest absolute Gasteiger partial charge is 0.0392 e. The fourth-order valence-corrected chi connectivity index (χ4v) is 1.09. The fourth-order valence-electron chi connectivity index (χ4n) is 1.09. The highest BCUT2D eigenvalue weighted by atomic mass is 14.0. The summed E-state index contributed by atoms with van der Waals surface area (Å²) in [5, 5.41) is 0. The molecule has 110 valence electrons. The highest BCUT2D eigenvalue weighted by Gasteiger charge is 1.97. The molecule has 0 bridgehead atoms. The van der Waals surface area contributed by atoms with Gasteiger partial charge in [0.25, 0.3) is 0 Å². The van der Waals surface area contributed by atoms with Gasteiger partial charge in [-0.05, 0) is 49.9 Å². The molecule has 0 atom stereocenters. The third-order valence-electron chi connectivity index (χ3n) is 2.33. The van der Waals surface area contributed by atoms with Crippen LogP contribution < -0.4 is 0 Å². The molecular weight excluding hydrogens is 216 g/mol. The predicted molar refractivity (Wildman–Crippen MR) is 90.8 cm³/mol. The van der Waals surface area contributed by atoms with Crippen LogP contribution in [-0.2, 0) is 0 Å². The van der Waals surface area contributed by atoms with Crippen molar-refractivity contribution in [2.75, 3.05) is 0 Å². The average Bonchev–Trinajstić information content (AvgIpc) is 2.23. The van der Waals surface area contributed by atoms with E-state index >= 15 is 0 Å². The zero-order valence-corrected chi connectivity index (χ0v) is 12.6. The summed E-state index contributed by atoms with van der Waals surface area (Å²) in [6, 6.07) is 4.36. The van der Waals surface area contributed by atoms with Gasteiger partial charge in [0.2, 0.25) is 0 Å². The first kappa shape index (κ1) is 25.9. The van der Waals surface area contributed by atoms with Gasteiger partial charge in [-0.15, -0.1) is 0 Å². The zero-order chi connectivity index (χ0) is 13.1. The Morgan fingerprint density at radius 3 is 0.944 bits per heavy atom. The second kappa shape index (κ2) is 16.2. The van der Waals surface area contributed by atoms with Crippen molar-refractivity contribution in [1.29, 1.82) is 0 Å². The van der Waals surface area contributed by atoms with Crippen LogP contribution >= 0.6 is 0 Å². The van der Waals surface area contributed by atoms with Crippen molar-refractivity contribution in [3.8, 4) is 0 Å². The van der Waals surface area contributed by atoms with E-state index in [0.717, 1.165) is 0 Å². The number of rotatable bonds is 0. The van der Waals surface area contributed by atoms with Crippen LogP contribution in [0.15, 0.2) is 12.1 Å². The maximum atomic E-state index is 2.18. The van der Waals surface area contributed by atoms with Crippen molar-refractivity contribution in [3.63, 3.8) is 0 Å². The normalized spacial score (nSPS) is 7.56. The molecule has 0 nitrogen and oxygen atoms in total. The third kappa shape index (κ3) is 11.7. The third-order valence-corrected chi connectivity index (χ3v) is 2.33. The molecule has 0 N–H and O–H groups in total. The number of hydrogen-bond acceptors (Lipinski definition) is 0. The van der Waals surface area contributed by atoms with E-state index in [9.17, 15) is 0 Å². The van der Waals surface area contributed by atoms with Gasteiger partial charge in [-0.2, -0.15) is 0 Å². The Morgan fingerprint density at radius 2 is 0.778 bits per heavy atom. The van der Waals surface area contributed by atoms with Crippen molar-refractivity contribution in [2.24, 2.45) is 0 Å². The first-order valence-electron chi connectivity index (χ1n) is 6.49. The van der Waals surface area contributed by atoms with E-state index in [-0.39, 0.29) is 14.9 Å². The Hall–Kier alpha value is -0.780. The average molecular weight is 255 g/mol. The van der Waals surface area contributed by atoms with Gasteiger partial charge >= 0.3 is 0 Å². The van der Waals surface area contributed by atoms with Crippen LogP contribution in [0.3, 0.4) is 0 Å². The summed E-state index contributed by atoms with van der Waals surface area (Å²) >= 11 is 0. The van der Waals surface area contributed by atoms with Gasteiger partial charge < -0.3 is 0 Å². The Balaban J connectivity index is -0.000000106. The predicted octanol–water partition coefficient (Wildman–Crippen LogP) is 7.03. The lowest BCUT2D eigenvalue weighted by Crippen LogP contribution is -1.88. The highest BCUT2D eigenvalue weighted by Crippen LogP contribution is 2.15. The molecule has 0 amide bonds. The van der Waals surface area contributed by atoms with E-state index in [4.69, 9.17) is 0 Å². The Bertz CT molecular complexity index is 243. The molecule has 0 heterocycles. The van der Waals surface area contributed by atoms with E-state index in [2.05, 4.69) is 67.5 Å². The van der Waals surface area contributed by atoms with Crippen LogP contribution in [0.25, 0.3) is 0 Å². The quantitative estimate of drug-likeness (QED) is 0.466. The minimum Gasteiger partial charge on any atom is -0.0776 e. The van der Waals surface area contributed by atoms with Gasteiger partial charge in [0.05, 0.1) is 0 Å². The highest BCUT2D eigenvalue weighted by molar-refractivity contribution is 5.37. The summed E-state index contributed by atoms with van der Waals surface area (Å²) in [5.74, 6) is 0. The number of aryl methyl sites for hydroxylation is 2. The molecule has 18 heavy (non-hydrogen) atoms. The monoisotopic (exact) mass is 254 g/mol. The van der Waals surface area contributed by atoms with Gasteiger partial charge in [0, 0.05) is 0 Å². The molecule has 0 aliphatic rings. The van der Waals surface area contributed by atoms with Crippen molar-refractivity contribution in [1.82, 2.24) is 0 Å². The van der Waals surface area contributed by atoms with Gasteiger partial charge in [0.15, 0.2) is 0 Å². The standard InChI is InChI=1S/C10H14.2C3H8.2CH4/c1-7-5-6-8(2)10(4)9(7)3;2*1-3-2;;/h5-6H,1-4H3;2*3H2,1-2H3;2*1H4. The largest absolute Gasteiger partial charge is 0.0776 e. The van der Waals surface area contributed by atoms with E-state index in [0.29, 0.717) is 0 Å². The lowest BCUT2D eigenvalue weighted by Gasteiger charge is -2.06. The maximum Gasteiger partial charge on any atom is -0.0392 e. The van der Waals surface area contributed by atoms with E-state index < -0.39 is 0 Å². The zero-order valence-electron chi connectivity index (χ0n) is 12.6. The van der Waals surface area contributed by atoms with Gasteiger partial charge in [0.1, 0.15) is 0 Å². The van der Waals surface area contributed by atoms with E-state index in [1.165, 1.54) is 35.1 Å². The molecule has 0 fully saturated rings. The minimum absolute atomic E-state index is 0. The molecule has 0 aliphatic heterocycles. The van der Waals surface area contributed by atoms with Crippen LogP contribution in [-0.4, -0.2) is 0 Å². The molecule has 1 aromatic rings. The SMILES string of the molecule is C.C.CCC.CCC.Cc1ccc(C)c(C)c1C. The molecule has 0 unspecified atom stereocenters. The van der Waals surface area contributed by atoms with Crippen molar-refractivity contribution in [3.05, 3.63) is 34.4 Å². The van der Waals surface area contributed by atoms with Gasteiger partial charge in [-0.1, -0.05) is 67.5 Å². The summed E-state index contributed by atoms with van der Waals surface area (Å²) in [6.07, 6.45) is 2.50. The van der Waals surface area contributed by atoms with Crippen LogP contribution in [0.2, 0.25) is 0 Å². The summed E-state index contributed by atoms with van der Waals surface area (Å²) in [4.78, 5) is 0. The lowest BCUT2D eigenvalue weighted by molar-refractivity contribution is 1.09. The Kier molecular flexibility index (Phi) is 23.4. The van der Waals surface area contributed by atoms with Gasteiger partial charge in [-0.25, -0.2) is 0 Å². The number of benzene rings is 1. The van der Waals surface area contributed by atoms with Crippen molar-refractivity contribution >= 4 is 0 Å². The second-order valence-corrected chi connectivity index (χ2v) is 4.36. The van der Waals surface area contributed by atoms with Gasteiger partial charge in [-0.3, -0.25) is 0 Å². The van der Waals surface area contributed by atoms with E-state index in [1.807, 2.05) is 0 Å². The molecule has 0 aromatic heterocycles. The molecule has 0 radical (unpaired) electrons. The number of hydrogen-bond donors (Lipinski definition) is 0. The summed E-state index contributed by atoms with van der Waals surface area (Å²) in [5.41, 5.74) is 5.64. The fraction of sp³-hybridized carbons (Fsp3) is 0.667. The topological polar surface area (TPSA) is 0 Å². The van der Waals surface area contributed by atoms with Crippen molar-refractivity contribution < 1.29 is 0 Å². The lowest BCUT2D eigenvalue weighted by atomic mass is 10.0. The molecular formula is C18H38. The Morgan fingerprint density at radius 1 is 0.611 bits per heavy atom. The van der Waals surface area contributed by atoms with Crippen molar-refractivity contribution in [2.45, 2.75) is 83.1 Å². The molecule has 0 saturated heterocycles. The first-order chi connectivity index (χ1) is 7.45. The molecule has 0 spiro atoms. The summed E-state index contributed by atoms with van der Waals surface area (Å²) < 4.78 is 0. The molecule has 0 aliphatic carbocycles. The molecule has 1 aromatic carbocycles. The maximum absolute atomic E-state index is 2.18. The van der Waals surface area contributed by atoms with Crippen LogP contribution in [0.1, 0.15) is 77.6 Å². The summed E-state index contributed by atoms with van der Waals surface area (Å²) in [6.45, 7) is 17.2. The van der Waals surface area contributed by atoms with Crippen LogP contribution in [0.5, 0.6) is 0 Å². The minimum atomic E-state index is 0. The molecule has 0 saturated carbocycles. The van der Waals surface area contributed by atoms with Crippen LogP contribution in [0, 0.1) is 27.7 Å². The summed E-state index contributed by atoms with van der Waals surface area (Å²) in [7, 11) is 0. The Labute approximate surface area is 118 Å². The second-order valence-electron chi connectivity index (χ2n) is 4.36. The molecule has 0 heteroatoms. The first-order valence-corrected chi connectivity index (χ1v) is 6.49.